The molecular weight excluding hydrogens is 230 g/mol. The SMILES string of the molecule is CC1(C2CC2)CN(CCc2cscn2)CCN1. The molecule has 1 aliphatic heterocycles. The zero-order valence-corrected chi connectivity index (χ0v) is 11.3. The number of rotatable bonds is 4. The van der Waals surface area contributed by atoms with Gasteiger partial charge in [-0.3, -0.25) is 4.90 Å². The lowest BCUT2D eigenvalue weighted by Gasteiger charge is -2.42. The fourth-order valence-electron chi connectivity index (χ4n) is 2.92. The van der Waals surface area contributed by atoms with Crippen molar-refractivity contribution in [2.24, 2.45) is 5.92 Å². The van der Waals surface area contributed by atoms with Crippen LogP contribution in [0.1, 0.15) is 25.5 Å². The van der Waals surface area contributed by atoms with Crippen LogP contribution in [-0.4, -0.2) is 41.6 Å². The van der Waals surface area contributed by atoms with E-state index in [-0.39, 0.29) is 0 Å². The van der Waals surface area contributed by atoms with Gasteiger partial charge in [-0.2, -0.15) is 0 Å². The average Bonchev–Trinajstić information content (AvgIpc) is 3.06. The number of nitrogens with zero attached hydrogens (tertiary/aromatic N) is 2. The van der Waals surface area contributed by atoms with Crippen molar-refractivity contribution in [3.05, 3.63) is 16.6 Å². The Morgan fingerprint density at radius 2 is 2.47 bits per heavy atom. The molecule has 1 aromatic heterocycles. The third-order valence-electron chi connectivity index (χ3n) is 4.15. The van der Waals surface area contributed by atoms with Gasteiger partial charge in [0.15, 0.2) is 0 Å². The molecule has 3 nitrogen and oxygen atoms in total. The van der Waals surface area contributed by atoms with E-state index in [1.807, 2.05) is 5.51 Å². The van der Waals surface area contributed by atoms with Crippen molar-refractivity contribution in [2.45, 2.75) is 31.7 Å². The summed E-state index contributed by atoms with van der Waals surface area (Å²) in [5, 5.41) is 5.89. The van der Waals surface area contributed by atoms with Crippen LogP contribution in [0.2, 0.25) is 0 Å². The molecule has 1 aromatic rings. The smallest absolute Gasteiger partial charge is 0.0794 e. The lowest BCUT2D eigenvalue weighted by atomic mass is 9.93. The van der Waals surface area contributed by atoms with Gasteiger partial charge in [-0.05, 0) is 25.7 Å². The molecule has 0 spiro atoms. The number of hydrogen-bond donors (Lipinski definition) is 1. The van der Waals surface area contributed by atoms with Gasteiger partial charge in [0.1, 0.15) is 0 Å². The molecule has 0 radical (unpaired) electrons. The van der Waals surface area contributed by atoms with Gasteiger partial charge in [0, 0.05) is 43.5 Å². The monoisotopic (exact) mass is 251 g/mol. The van der Waals surface area contributed by atoms with Crippen molar-refractivity contribution in [1.82, 2.24) is 15.2 Å². The van der Waals surface area contributed by atoms with Gasteiger partial charge >= 0.3 is 0 Å². The molecule has 94 valence electrons. The van der Waals surface area contributed by atoms with E-state index >= 15 is 0 Å². The van der Waals surface area contributed by atoms with E-state index in [0.717, 1.165) is 25.4 Å². The fourth-order valence-corrected chi connectivity index (χ4v) is 3.51. The topological polar surface area (TPSA) is 28.2 Å². The van der Waals surface area contributed by atoms with Gasteiger partial charge in [0.2, 0.25) is 0 Å². The molecule has 1 saturated heterocycles. The molecule has 3 rings (SSSR count). The van der Waals surface area contributed by atoms with Crippen LogP contribution in [0.15, 0.2) is 10.9 Å². The van der Waals surface area contributed by atoms with Crippen LogP contribution in [-0.2, 0) is 6.42 Å². The Kier molecular flexibility index (Phi) is 3.19. The van der Waals surface area contributed by atoms with E-state index in [2.05, 4.69) is 27.5 Å². The Bertz CT molecular complexity index is 361. The lowest BCUT2D eigenvalue weighted by molar-refractivity contribution is 0.128. The Balaban J connectivity index is 1.53. The highest BCUT2D eigenvalue weighted by Gasteiger charge is 2.43. The summed E-state index contributed by atoms with van der Waals surface area (Å²) in [6.45, 7) is 7.10. The Morgan fingerprint density at radius 3 is 3.18 bits per heavy atom. The average molecular weight is 251 g/mol. The molecule has 2 aliphatic rings. The van der Waals surface area contributed by atoms with E-state index in [1.165, 1.54) is 31.6 Å². The first-order valence-electron chi connectivity index (χ1n) is 6.61. The van der Waals surface area contributed by atoms with Crippen molar-refractivity contribution >= 4 is 11.3 Å². The van der Waals surface area contributed by atoms with Gasteiger partial charge in [-0.25, -0.2) is 4.98 Å². The van der Waals surface area contributed by atoms with Crippen LogP contribution in [0, 0.1) is 5.92 Å². The first-order valence-corrected chi connectivity index (χ1v) is 7.55. The van der Waals surface area contributed by atoms with Crippen LogP contribution < -0.4 is 5.32 Å². The highest BCUT2D eigenvalue weighted by Crippen LogP contribution is 2.40. The molecule has 1 N–H and O–H groups in total. The maximum atomic E-state index is 4.36. The zero-order chi connectivity index (χ0) is 11.7. The first-order chi connectivity index (χ1) is 8.26. The summed E-state index contributed by atoms with van der Waals surface area (Å²) in [6, 6.07) is 0. The van der Waals surface area contributed by atoms with Gasteiger partial charge < -0.3 is 5.32 Å². The maximum absolute atomic E-state index is 4.36. The second kappa shape index (κ2) is 4.67. The van der Waals surface area contributed by atoms with Crippen molar-refractivity contribution in [2.75, 3.05) is 26.2 Å². The highest BCUT2D eigenvalue weighted by atomic mass is 32.1. The molecular formula is C13H21N3S. The molecule has 4 heteroatoms. The summed E-state index contributed by atoms with van der Waals surface area (Å²) in [6.07, 6.45) is 3.94. The second-order valence-corrected chi connectivity index (χ2v) is 6.34. The normalized spacial score (nSPS) is 30.6. The number of aromatic nitrogens is 1. The molecule has 0 aromatic carbocycles. The van der Waals surface area contributed by atoms with Gasteiger partial charge in [0.05, 0.1) is 11.2 Å². The quantitative estimate of drug-likeness (QED) is 0.884. The minimum absolute atomic E-state index is 0.375. The van der Waals surface area contributed by atoms with Crippen LogP contribution in [0.25, 0.3) is 0 Å². The van der Waals surface area contributed by atoms with Gasteiger partial charge in [-0.15, -0.1) is 11.3 Å². The Morgan fingerprint density at radius 1 is 1.59 bits per heavy atom. The molecule has 0 amide bonds. The Hall–Kier alpha value is -0.450. The first kappa shape index (κ1) is 11.6. The van der Waals surface area contributed by atoms with Crippen LogP contribution in [0.5, 0.6) is 0 Å². The molecule has 2 heterocycles. The summed E-state index contributed by atoms with van der Waals surface area (Å²) < 4.78 is 0. The fraction of sp³-hybridized carbons (Fsp3) is 0.769. The molecule has 0 bridgehead atoms. The van der Waals surface area contributed by atoms with Crippen molar-refractivity contribution in [1.29, 1.82) is 0 Å². The molecule has 1 saturated carbocycles. The summed E-state index contributed by atoms with van der Waals surface area (Å²) in [4.78, 5) is 6.97. The Labute approximate surface area is 107 Å². The van der Waals surface area contributed by atoms with E-state index in [9.17, 15) is 0 Å². The van der Waals surface area contributed by atoms with Crippen LogP contribution >= 0.6 is 11.3 Å². The third-order valence-corrected chi connectivity index (χ3v) is 4.79. The largest absolute Gasteiger partial charge is 0.309 e. The van der Waals surface area contributed by atoms with Crippen LogP contribution in [0.3, 0.4) is 0 Å². The molecule has 1 aliphatic carbocycles. The molecule has 1 unspecified atom stereocenters. The standard InChI is InChI=1S/C13H21N3S/c1-13(11-2-3-11)9-16(7-5-15-13)6-4-12-8-17-10-14-12/h8,10-11,15H,2-7,9H2,1H3. The minimum atomic E-state index is 0.375. The highest BCUT2D eigenvalue weighted by molar-refractivity contribution is 7.07. The predicted octanol–water partition coefficient (Wildman–Crippen LogP) is 1.76. The number of thiazole rings is 1. The summed E-state index contributed by atoms with van der Waals surface area (Å²) >= 11 is 1.70. The summed E-state index contributed by atoms with van der Waals surface area (Å²) in [7, 11) is 0. The zero-order valence-electron chi connectivity index (χ0n) is 10.5. The van der Waals surface area contributed by atoms with Gasteiger partial charge in [0.25, 0.3) is 0 Å². The molecule has 1 atom stereocenters. The summed E-state index contributed by atoms with van der Waals surface area (Å²) in [5.41, 5.74) is 3.56. The predicted molar refractivity (Wildman–Crippen MR) is 71.4 cm³/mol. The van der Waals surface area contributed by atoms with Gasteiger partial charge in [-0.1, -0.05) is 0 Å². The maximum Gasteiger partial charge on any atom is 0.0794 e. The molecule has 17 heavy (non-hydrogen) atoms. The number of hydrogen-bond acceptors (Lipinski definition) is 4. The van der Waals surface area contributed by atoms with E-state index in [0.29, 0.717) is 5.54 Å². The van der Waals surface area contributed by atoms with E-state index < -0.39 is 0 Å². The van der Waals surface area contributed by atoms with E-state index in [4.69, 9.17) is 0 Å². The van der Waals surface area contributed by atoms with Crippen LogP contribution in [0.4, 0.5) is 0 Å². The summed E-state index contributed by atoms with van der Waals surface area (Å²) in [5.74, 6) is 0.921. The lowest BCUT2D eigenvalue weighted by Crippen LogP contribution is -2.60. The number of piperazine rings is 1. The minimum Gasteiger partial charge on any atom is -0.309 e. The number of nitrogens with one attached hydrogen (secondary N) is 1. The molecule has 2 fully saturated rings. The third kappa shape index (κ3) is 2.69. The van der Waals surface area contributed by atoms with E-state index in [1.54, 1.807) is 11.3 Å². The van der Waals surface area contributed by atoms with Crippen molar-refractivity contribution in [3.63, 3.8) is 0 Å². The second-order valence-electron chi connectivity index (χ2n) is 5.62. The van der Waals surface area contributed by atoms with Crippen molar-refractivity contribution in [3.8, 4) is 0 Å². The van der Waals surface area contributed by atoms with Crippen molar-refractivity contribution < 1.29 is 0 Å².